The van der Waals surface area contributed by atoms with E-state index >= 15 is 0 Å². The zero-order valence-electron chi connectivity index (χ0n) is 19.8. The van der Waals surface area contributed by atoms with Gasteiger partial charge in [-0.3, -0.25) is 28.9 Å². The highest BCUT2D eigenvalue weighted by Gasteiger charge is 2.69. The number of benzene rings is 1. The molecule has 4 rings (SSSR count). The Balaban J connectivity index is 1.91. The molecule has 34 heavy (non-hydrogen) atoms. The normalized spacial score (nSPS) is 32.9. The first-order valence-electron chi connectivity index (χ1n) is 11.1. The number of phenolic OH excluding ortho intramolecular Hbond substituents is 1. The number of primary amides is 1. The minimum Gasteiger partial charge on any atom is -0.507 e. The van der Waals surface area contributed by atoms with Crippen molar-refractivity contribution >= 4 is 34.7 Å². The van der Waals surface area contributed by atoms with Crippen molar-refractivity contribution in [1.82, 2.24) is 4.90 Å². The molecule has 0 radical (unpaired) electrons. The maximum absolute atomic E-state index is 13.7. The zero-order valence-corrected chi connectivity index (χ0v) is 19.8. The Kier molecular flexibility index (Phi) is 5.45. The van der Waals surface area contributed by atoms with Gasteiger partial charge in [0.2, 0.25) is 5.91 Å². The highest BCUT2D eigenvalue weighted by atomic mass is 16.3. The summed E-state index contributed by atoms with van der Waals surface area (Å²) in [6.45, 7) is 1.64. The fourth-order valence-electron chi connectivity index (χ4n) is 6.18. The van der Waals surface area contributed by atoms with E-state index in [2.05, 4.69) is 0 Å². The number of Topliss-reactive ketones (excluding diaryl/α,β-unsaturated/α-hetero) is 4. The summed E-state index contributed by atoms with van der Waals surface area (Å²) < 4.78 is 0. The average molecular weight is 472 g/mol. The predicted molar refractivity (Wildman–Crippen MR) is 120 cm³/mol. The lowest BCUT2D eigenvalue weighted by atomic mass is 9.52. The molecule has 1 amide bonds. The molecule has 0 aromatic heterocycles. The van der Waals surface area contributed by atoms with Crippen molar-refractivity contribution in [2.24, 2.45) is 29.4 Å². The van der Waals surface area contributed by atoms with Crippen LogP contribution in [0.25, 0.3) is 0 Å². The first-order chi connectivity index (χ1) is 15.7. The molecule has 3 aliphatic carbocycles. The predicted octanol–water partition coefficient (Wildman–Crippen LogP) is -0.759. The fourth-order valence-corrected chi connectivity index (χ4v) is 6.18. The van der Waals surface area contributed by atoms with Crippen LogP contribution in [0.3, 0.4) is 0 Å². The van der Waals surface area contributed by atoms with Gasteiger partial charge in [-0.05, 0) is 57.0 Å². The molecule has 0 bridgehead atoms. The summed E-state index contributed by atoms with van der Waals surface area (Å²) in [5.41, 5.74) is 4.38. The number of ketones is 4. The maximum Gasteiger partial charge on any atom is 0.235 e. The van der Waals surface area contributed by atoms with E-state index in [-0.39, 0.29) is 24.2 Å². The van der Waals surface area contributed by atoms with Crippen LogP contribution < -0.4 is 10.6 Å². The zero-order chi connectivity index (χ0) is 25.4. The molecule has 1 aromatic rings. The van der Waals surface area contributed by atoms with Crippen molar-refractivity contribution in [3.8, 4) is 5.75 Å². The Morgan fingerprint density at radius 1 is 1.12 bits per heavy atom. The number of rotatable bonds is 3. The van der Waals surface area contributed by atoms with Crippen LogP contribution in [0.1, 0.15) is 27.9 Å². The van der Waals surface area contributed by atoms with Gasteiger partial charge in [0.25, 0.3) is 0 Å². The molecular formula is C24H29N3O7. The highest BCUT2D eigenvalue weighted by Crippen LogP contribution is 2.52. The third-order valence-corrected chi connectivity index (χ3v) is 7.71. The second-order valence-electron chi connectivity index (χ2n) is 10.1. The standard InChI is InChI=1S/C24H29N3O7/c1-9-6-13(26(2)3)11-7-10-8-12-17(27(4)5)20(30)16(23(25)33)22(32)24(12,34)21(31)14(10)19(29)15(11)18(9)28/h6,10,12,14,16-17,28,34H,7-8H2,1-5H3,(H2,25,33)/t10-,12-,14?,16?,17?,24-/m1/s1. The summed E-state index contributed by atoms with van der Waals surface area (Å²) in [6.07, 6.45) is 0.276. The average Bonchev–Trinajstić information content (AvgIpc) is 2.72. The summed E-state index contributed by atoms with van der Waals surface area (Å²) in [7, 11) is 6.72. The lowest BCUT2D eigenvalue weighted by molar-refractivity contribution is -0.181. The van der Waals surface area contributed by atoms with Crippen LogP contribution in [-0.2, 0) is 25.6 Å². The first-order valence-corrected chi connectivity index (χ1v) is 11.1. The van der Waals surface area contributed by atoms with E-state index in [1.807, 2.05) is 4.90 Å². The summed E-state index contributed by atoms with van der Waals surface area (Å²) in [4.78, 5) is 69.0. The van der Waals surface area contributed by atoms with Crippen LogP contribution in [-0.4, -0.2) is 84.0 Å². The van der Waals surface area contributed by atoms with Crippen molar-refractivity contribution in [3.05, 3.63) is 22.8 Å². The number of anilines is 1. The fraction of sp³-hybridized carbons (Fsp3) is 0.542. The van der Waals surface area contributed by atoms with Gasteiger partial charge < -0.3 is 20.8 Å². The van der Waals surface area contributed by atoms with Gasteiger partial charge in [-0.25, -0.2) is 0 Å². The number of carbonyl (C=O) groups excluding carboxylic acids is 5. The Morgan fingerprint density at radius 3 is 2.26 bits per heavy atom. The van der Waals surface area contributed by atoms with E-state index in [0.29, 0.717) is 11.1 Å². The summed E-state index contributed by atoms with van der Waals surface area (Å²) >= 11 is 0. The molecule has 3 unspecified atom stereocenters. The molecule has 2 fully saturated rings. The lowest BCUT2D eigenvalue weighted by Gasteiger charge is -2.52. The van der Waals surface area contributed by atoms with E-state index in [1.54, 1.807) is 41.2 Å². The lowest BCUT2D eigenvalue weighted by Crippen LogP contribution is -2.74. The Bertz CT molecular complexity index is 1160. The Morgan fingerprint density at radius 2 is 1.74 bits per heavy atom. The van der Waals surface area contributed by atoms with Crippen molar-refractivity contribution < 1.29 is 34.2 Å². The van der Waals surface area contributed by atoms with Crippen LogP contribution in [0.4, 0.5) is 5.69 Å². The van der Waals surface area contributed by atoms with Gasteiger partial charge >= 0.3 is 0 Å². The number of phenols is 1. The van der Waals surface area contributed by atoms with Crippen LogP contribution >= 0.6 is 0 Å². The van der Waals surface area contributed by atoms with Crippen molar-refractivity contribution in [1.29, 1.82) is 0 Å². The van der Waals surface area contributed by atoms with Gasteiger partial charge in [0.15, 0.2) is 34.7 Å². The molecule has 2 saturated carbocycles. The molecule has 3 aliphatic rings. The molecule has 6 atom stereocenters. The number of nitrogens with zero attached hydrogens (tertiary/aromatic N) is 2. The van der Waals surface area contributed by atoms with E-state index in [9.17, 15) is 34.2 Å². The van der Waals surface area contributed by atoms with Crippen LogP contribution in [0.5, 0.6) is 5.75 Å². The Labute approximate surface area is 196 Å². The quantitative estimate of drug-likeness (QED) is 0.482. The number of carbonyl (C=O) groups is 5. The molecule has 0 spiro atoms. The summed E-state index contributed by atoms with van der Waals surface area (Å²) in [5.74, 6) is -10.3. The molecule has 10 heteroatoms. The molecule has 0 heterocycles. The van der Waals surface area contributed by atoms with Gasteiger partial charge in [-0.15, -0.1) is 0 Å². The number of amides is 1. The van der Waals surface area contributed by atoms with Gasteiger partial charge in [0.1, 0.15) is 5.75 Å². The van der Waals surface area contributed by atoms with Gasteiger partial charge in [0, 0.05) is 25.7 Å². The number of likely N-dealkylation sites (N-methyl/N-ethyl adjacent to an activating group) is 1. The Hall–Kier alpha value is -3.11. The smallest absolute Gasteiger partial charge is 0.235 e. The second-order valence-corrected chi connectivity index (χ2v) is 10.1. The SMILES string of the molecule is Cc1cc(N(C)C)c2c(c1O)C(=O)C1C(=O)[C@@]3(O)C(=O)C(C(N)=O)C(=O)C(N(C)C)[C@H]3C[C@H]1C2. The second kappa shape index (κ2) is 7.71. The van der Waals surface area contributed by atoms with Gasteiger partial charge in [-0.2, -0.15) is 0 Å². The van der Waals surface area contributed by atoms with Crippen molar-refractivity contribution in [3.63, 3.8) is 0 Å². The summed E-state index contributed by atoms with van der Waals surface area (Å²) in [6, 6.07) is 0.651. The number of hydrogen-bond donors (Lipinski definition) is 3. The van der Waals surface area contributed by atoms with Crippen LogP contribution in [0, 0.1) is 30.6 Å². The largest absolute Gasteiger partial charge is 0.507 e. The van der Waals surface area contributed by atoms with E-state index < -0.39 is 64.4 Å². The third kappa shape index (κ3) is 2.98. The number of aryl methyl sites for hydroxylation is 1. The maximum atomic E-state index is 13.7. The molecule has 0 saturated heterocycles. The topological polar surface area (TPSA) is 158 Å². The summed E-state index contributed by atoms with van der Waals surface area (Å²) in [5, 5.41) is 22.3. The molecule has 10 nitrogen and oxygen atoms in total. The monoisotopic (exact) mass is 471 g/mol. The minimum atomic E-state index is -2.71. The first kappa shape index (κ1) is 24.0. The molecule has 0 aliphatic heterocycles. The van der Waals surface area contributed by atoms with E-state index in [0.717, 1.165) is 5.69 Å². The van der Waals surface area contributed by atoms with Gasteiger partial charge in [0.05, 0.1) is 17.5 Å². The number of nitrogens with two attached hydrogens (primary N) is 1. The van der Waals surface area contributed by atoms with Crippen LogP contribution in [0.2, 0.25) is 0 Å². The highest BCUT2D eigenvalue weighted by molar-refractivity contribution is 6.32. The third-order valence-electron chi connectivity index (χ3n) is 7.71. The molecule has 182 valence electrons. The minimum absolute atomic E-state index is 0.00953. The van der Waals surface area contributed by atoms with E-state index in [1.165, 1.54) is 4.90 Å². The van der Waals surface area contributed by atoms with Crippen LogP contribution in [0.15, 0.2) is 6.07 Å². The van der Waals surface area contributed by atoms with Crippen molar-refractivity contribution in [2.45, 2.75) is 31.4 Å². The molecular weight excluding hydrogens is 442 g/mol. The van der Waals surface area contributed by atoms with E-state index in [4.69, 9.17) is 5.73 Å². The molecule has 4 N–H and O–H groups in total. The number of hydrogen-bond acceptors (Lipinski definition) is 9. The number of fused-ring (bicyclic) bond motifs is 3. The van der Waals surface area contributed by atoms with Crippen molar-refractivity contribution in [2.75, 3.05) is 33.1 Å². The number of aliphatic hydroxyl groups is 1. The molecule has 1 aromatic carbocycles. The number of aromatic hydroxyl groups is 1. The van der Waals surface area contributed by atoms with Gasteiger partial charge in [-0.1, -0.05) is 0 Å².